The second-order valence-electron chi connectivity index (χ2n) is 5.34. The number of fused-ring (bicyclic) bond motifs is 1. The van der Waals surface area contributed by atoms with Crippen molar-refractivity contribution in [3.63, 3.8) is 0 Å². The number of hydrogen-bond acceptors (Lipinski definition) is 5. The van der Waals surface area contributed by atoms with E-state index >= 15 is 0 Å². The molecular formula is C16H17N3OS2. The highest BCUT2D eigenvalue weighted by molar-refractivity contribution is 7.16. The lowest BCUT2D eigenvalue weighted by atomic mass is 10.1. The van der Waals surface area contributed by atoms with Gasteiger partial charge in [0.05, 0.1) is 12.1 Å². The largest absolute Gasteiger partial charge is 0.315 e. The van der Waals surface area contributed by atoms with E-state index in [0.29, 0.717) is 10.6 Å². The highest BCUT2D eigenvalue weighted by Gasteiger charge is 2.23. The summed E-state index contributed by atoms with van der Waals surface area (Å²) in [6.45, 7) is 2.28. The van der Waals surface area contributed by atoms with Gasteiger partial charge < -0.3 is 10.6 Å². The summed E-state index contributed by atoms with van der Waals surface area (Å²) in [6, 6.07) is 6.45. The highest BCUT2D eigenvalue weighted by Crippen LogP contribution is 2.38. The van der Waals surface area contributed by atoms with Crippen LogP contribution in [0.2, 0.25) is 0 Å². The summed E-state index contributed by atoms with van der Waals surface area (Å²) in [5, 5.41) is 18.2. The summed E-state index contributed by atoms with van der Waals surface area (Å²) < 4.78 is 0. The number of thiophene rings is 2. The van der Waals surface area contributed by atoms with Crippen molar-refractivity contribution in [3.05, 3.63) is 38.4 Å². The number of aryl methyl sites for hydroxylation is 1. The molecule has 0 bridgehead atoms. The van der Waals surface area contributed by atoms with Crippen molar-refractivity contribution in [1.29, 1.82) is 5.26 Å². The van der Waals surface area contributed by atoms with Gasteiger partial charge in [-0.2, -0.15) is 5.26 Å². The van der Waals surface area contributed by atoms with Crippen molar-refractivity contribution < 1.29 is 4.79 Å². The normalized spacial score (nSPS) is 14.4. The maximum Gasteiger partial charge on any atom is 0.238 e. The van der Waals surface area contributed by atoms with Crippen LogP contribution in [0.3, 0.4) is 0 Å². The van der Waals surface area contributed by atoms with Crippen LogP contribution in [0.15, 0.2) is 17.5 Å². The van der Waals surface area contributed by atoms with Crippen molar-refractivity contribution in [1.82, 2.24) is 5.32 Å². The van der Waals surface area contributed by atoms with Crippen molar-refractivity contribution >= 4 is 33.6 Å². The smallest absolute Gasteiger partial charge is 0.238 e. The Morgan fingerprint density at radius 3 is 3.09 bits per heavy atom. The fourth-order valence-corrected chi connectivity index (χ4v) is 4.68. The lowest BCUT2D eigenvalue weighted by molar-refractivity contribution is -0.115. The number of carbonyl (C=O) groups is 1. The zero-order valence-electron chi connectivity index (χ0n) is 12.3. The fourth-order valence-electron chi connectivity index (χ4n) is 2.67. The summed E-state index contributed by atoms with van der Waals surface area (Å²) in [4.78, 5) is 14.6. The Labute approximate surface area is 137 Å². The van der Waals surface area contributed by atoms with Gasteiger partial charge in [0.15, 0.2) is 0 Å². The van der Waals surface area contributed by atoms with Gasteiger partial charge in [0, 0.05) is 15.8 Å². The minimum atomic E-state index is -0.0974. The molecule has 0 radical (unpaired) electrons. The highest BCUT2D eigenvalue weighted by atomic mass is 32.1. The molecule has 2 aromatic rings. The van der Waals surface area contributed by atoms with Crippen LogP contribution < -0.4 is 10.6 Å². The zero-order valence-corrected chi connectivity index (χ0v) is 13.9. The van der Waals surface area contributed by atoms with E-state index in [0.717, 1.165) is 24.8 Å². The number of amides is 1. The molecule has 0 spiro atoms. The number of nitriles is 1. The Balaban J connectivity index is 1.60. The van der Waals surface area contributed by atoms with Gasteiger partial charge in [-0.15, -0.1) is 22.7 Å². The Hall–Kier alpha value is -1.68. The maximum atomic E-state index is 12.1. The molecule has 0 saturated carbocycles. The molecule has 0 unspecified atom stereocenters. The molecule has 0 fully saturated rings. The van der Waals surface area contributed by atoms with Crippen molar-refractivity contribution in [2.75, 3.05) is 11.9 Å². The topological polar surface area (TPSA) is 64.9 Å². The molecule has 2 aromatic heterocycles. The minimum Gasteiger partial charge on any atom is -0.315 e. The zero-order chi connectivity index (χ0) is 15.5. The average molecular weight is 331 g/mol. The van der Waals surface area contributed by atoms with Crippen molar-refractivity contribution in [2.24, 2.45) is 0 Å². The molecule has 22 heavy (non-hydrogen) atoms. The number of rotatable bonds is 5. The van der Waals surface area contributed by atoms with Gasteiger partial charge in [0.2, 0.25) is 5.91 Å². The molecular weight excluding hydrogens is 314 g/mol. The second kappa shape index (κ2) is 6.61. The van der Waals surface area contributed by atoms with Crippen LogP contribution in [0.1, 0.15) is 40.3 Å². The lowest BCUT2D eigenvalue weighted by Gasteiger charge is -2.11. The molecule has 1 aliphatic rings. The predicted molar refractivity (Wildman–Crippen MR) is 90.4 cm³/mol. The predicted octanol–water partition coefficient (Wildman–Crippen LogP) is 3.46. The molecule has 1 atom stereocenters. The molecule has 6 heteroatoms. The first-order valence-electron chi connectivity index (χ1n) is 7.30. The van der Waals surface area contributed by atoms with E-state index in [9.17, 15) is 10.1 Å². The lowest BCUT2D eigenvalue weighted by Crippen LogP contribution is -2.29. The molecule has 114 valence electrons. The van der Waals surface area contributed by atoms with Crippen LogP contribution in [-0.4, -0.2) is 12.5 Å². The Bertz CT molecular complexity index is 713. The third-order valence-electron chi connectivity index (χ3n) is 3.82. The molecule has 2 heterocycles. The van der Waals surface area contributed by atoms with Gasteiger partial charge in [0.1, 0.15) is 11.1 Å². The molecule has 0 saturated heterocycles. The Morgan fingerprint density at radius 2 is 2.36 bits per heavy atom. The van der Waals surface area contributed by atoms with Crippen molar-refractivity contribution in [2.45, 2.75) is 32.2 Å². The third kappa shape index (κ3) is 3.07. The Morgan fingerprint density at radius 1 is 1.50 bits per heavy atom. The molecule has 1 aliphatic carbocycles. The van der Waals surface area contributed by atoms with Crippen LogP contribution in [0.25, 0.3) is 0 Å². The average Bonchev–Trinajstić information content (AvgIpc) is 3.21. The van der Waals surface area contributed by atoms with E-state index in [1.54, 1.807) is 22.7 Å². The number of nitrogens with one attached hydrogen (secondary N) is 2. The molecule has 1 amide bonds. The number of nitrogens with zero attached hydrogens (tertiary/aromatic N) is 1. The molecule has 2 N–H and O–H groups in total. The van der Waals surface area contributed by atoms with Crippen LogP contribution in [0.5, 0.6) is 0 Å². The number of anilines is 1. The first-order valence-corrected chi connectivity index (χ1v) is 9.00. The van der Waals surface area contributed by atoms with E-state index in [4.69, 9.17) is 0 Å². The number of carbonyl (C=O) groups excluding carboxylic acids is 1. The summed E-state index contributed by atoms with van der Waals surface area (Å²) >= 11 is 3.23. The van der Waals surface area contributed by atoms with Gasteiger partial charge >= 0.3 is 0 Å². The molecule has 3 rings (SSSR count). The summed E-state index contributed by atoms with van der Waals surface area (Å²) in [5.41, 5.74) is 1.81. The van der Waals surface area contributed by atoms with Crippen LogP contribution in [0.4, 0.5) is 5.00 Å². The minimum absolute atomic E-state index is 0.0974. The first-order chi connectivity index (χ1) is 10.7. The van der Waals surface area contributed by atoms with Crippen LogP contribution in [0, 0.1) is 11.3 Å². The molecule has 0 aliphatic heterocycles. The van der Waals surface area contributed by atoms with E-state index in [-0.39, 0.29) is 18.5 Å². The number of hydrogen-bond donors (Lipinski definition) is 2. The summed E-state index contributed by atoms with van der Waals surface area (Å²) in [6.07, 6.45) is 3.10. The van der Waals surface area contributed by atoms with Crippen molar-refractivity contribution in [3.8, 4) is 6.07 Å². The monoisotopic (exact) mass is 331 g/mol. The van der Waals surface area contributed by atoms with Gasteiger partial charge in [-0.3, -0.25) is 4.79 Å². The molecule has 0 aromatic carbocycles. The van der Waals surface area contributed by atoms with E-state index in [1.165, 1.54) is 9.75 Å². The fraction of sp³-hybridized carbons (Fsp3) is 0.375. The SMILES string of the molecule is C[C@@H](NCC(=O)Nc1sc2c(c1C#N)CCC2)c1cccs1. The quantitative estimate of drug-likeness (QED) is 0.882. The standard InChI is InChI=1S/C16H17N3OS2/c1-10(13-6-3-7-21-13)18-9-15(20)19-16-12(8-17)11-4-2-5-14(11)22-16/h3,6-7,10,18H,2,4-5,9H2,1H3,(H,19,20)/t10-/m1/s1. The van der Waals surface area contributed by atoms with Crippen LogP contribution >= 0.6 is 22.7 Å². The third-order valence-corrected chi connectivity index (χ3v) is 6.09. The first kappa shape index (κ1) is 15.2. The molecule has 4 nitrogen and oxygen atoms in total. The van der Waals surface area contributed by atoms with Gasteiger partial charge in [-0.05, 0) is 43.2 Å². The summed E-state index contributed by atoms with van der Waals surface area (Å²) in [7, 11) is 0. The van der Waals surface area contributed by atoms with Gasteiger partial charge in [-0.25, -0.2) is 0 Å². The van der Waals surface area contributed by atoms with E-state index < -0.39 is 0 Å². The van der Waals surface area contributed by atoms with Gasteiger partial charge in [0.25, 0.3) is 0 Å². The van der Waals surface area contributed by atoms with E-state index in [2.05, 4.69) is 22.8 Å². The van der Waals surface area contributed by atoms with E-state index in [1.807, 2.05) is 18.4 Å². The Kier molecular flexibility index (Phi) is 4.57. The second-order valence-corrected chi connectivity index (χ2v) is 7.42. The maximum absolute atomic E-state index is 12.1. The summed E-state index contributed by atoms with van der Waals surface area (Å²) in [5.74, 6) is -0.0974. The van der Waals surface area contributed by atoms with Crippen LogP contribution in [-0.2, 0) is 17.6 Å². The van der Waals surface area contributed by atoms with Gasteiger partial charge in [-0.1, -0.05) is 6.07 Å².